The zero-order valence-electron chi connectivity index (χ0n) is 27.9. The summed E-state index contributed by atoms with van der Waals surface area (Å²) in [6.45, 7) is 0. The predicted octanol–water partition coefficient (Wildman–Crippen LogP) is 11.1. The molecule has 11 rings (SSSR count). The first kappa shape index (κ1) is 28.9. The fraction of sp³-hybridized carbons (Fsp3) is 0.106. The van der Waals surface area contributed by atoms with Gasteiger partial charge in [-0.1, -0.05) is 133 Å². The maximum atomic E-state index is 5.31. The van der Waals surface area contributed by atoms with Gasteiger partial charge in [-0.05, 0) is 87.0 Å². The number of nitrogens with one attached hydrogen (secondary N) is 1. The van der Waals surface area contributed by atoms with Crippen molar-refractivity contribution in [2.24, 2.45) is 9.98 Å². The van der Waals surface area contributed by atoms with Crippen LogP contribution in [0.2, 0.25) is 0 Å². The number of hydrogen-bond donors (Lipinski definition) is 1. The van der Waals surface area contributed by atoms with Gasteiger partial charge >= 0.3 is 0 Å². The number of nitrogens with zero attached hydrogens (tertiary/aromatic N) is 2. The number of benzene rings is 6. The Balaban J connectivity index is 1.07. The Morgan fingerprint density at radius 1 is 0.608 bits per heavy atom. The minimum atomic E-state index is -0.319. The lowest BCUT2D eigenvalue weighted by molar-refractivity contribution is 0.757. The highest BCUT2D eigenvalue weighted by molar-refractivity contribution is 7.19. The third kappa shape index (κ3) is 4.49. The van der Waals surface area contributed by atoms with Gasteiger partial charge in [0.15, 0.2) is 6.17 Å². The normalized spacial score (nSPS) is 18.1. The van der Waals surface area contributed by atoms with Gasteiger partial charge in [0.1, 0.15) is 11.7 Å². The molecule has 3 nitrogen and oxygen atoms in total. The number of rotatable bonds is 4. The Hall–Kier alpha value is -5.84. The number of aliphatic imine (C=N–C) groups is 2. The van der Waals surface area contributed by atoms with Gasteiger partial charge in [0, 0.05) is 37.6 Å². The van der Waals surface area contributed by atoms with Gasteiger partial charge in [-0.2, -0.15) is 0 Å². The number of amidine groups is 2. The van der Waals surface area contributed by atoms with Crippen molar-refractivity contribution in [1.29, 1.82) is 0 Å². The lowest BCUT2D eigenvalue weighted by Gasteiger charge is -2.25. The summed E-state index contributed by atoms with van der Waals surface area (Å²) in [7, 11) is 0. The second-order valence-corrected chi connectivity index (χ2v) is 15.1. The van der Waals surface area contributed by atoms with E-state index >= 15 is 0 Å². The van der Waals surface area contributed by atoms with Gasteiger partial charge in [-0.3, -0.25) is 0 Å². The number of aryl methyl sites for hydroxylation is 1. The van der Waals surface area contributed by atoms with Crippen LogP contribution in [0, 0.1) is 0 Å². The smallest absolute Gasteiger partial charge is 0.169 e. The van der Waals surface area contributed by atoms with E-state index in [1.165, 1.54) is 76.2 Å². The molecule has 6 aromatic carbocycles. The second-order valence-electron chi connectivity index (χ2n) is 14.0. The van der Waals surface area contributed by atoms with Gasteiger partial charge in [0.05, 0.1) is 0 Å². The maximum absolute atomic E-state index is 5.31. The zero-order chi connectivity index (χ0) is 33.5. The van der Waals surface area contributed by atoms with Crippen LogP contribution in [0.15, 0.2) is 156 Å². The zero-order valence-corrected chi connectivity index (χ0v) is 28.8. The lowest BCUT2D eigenvalue weighted by atomic mass is 9.83. The van der Waals surface area contributed by atoms with Crippen LogP contribution in [-0.2, 0) is 12.8 Å². The van der Waals surface area contributed by atoms with Crippen molar-refractivity contribution in [3.05, 3.63) is 195 Å². The summed E-state index contributed by atoms with van der Waals surface area (Å²) >= 11 is 1.94. The van der Waals surface area contributed by atoms with E-state index in [0.717, 1.165) is 42.1 Å². The molecule has 1 aromatic heterocycles. The average Bonchev–Trinajstić information content (AvgIpc) is 3.87. The number of fused-ring (bicyclic) bond motifs is 10. The molecular weight excluding hydrogens is 639 g/mol. The van der Waals surface area contributed by atoms with E-state index in [4.69, 9.17) is 9.98 Å². The van der Waals surface area contributed by atoms with E-state index in [0.29, 0.717) is 0 Å². The van der Waals surface area contributed by atoms with E-state index in [1.54, 1.807) is 0 Å². The first-order chi connectivity index (χ1) is 25.3. The largest absolute Gasteiger partial charge is 0.324 e. The van der Waals surface area contributed by atoms with E-state index in [9.17, 15) is 0 Å². The first-order valence-electron chi connectivity index (χ1n) is 17.9. The monoisotopic (exact) mass is 671 g/mol. The summed E-state index contributed by atoms with van der Waals surface area (Å²) in [6, 6.07) is 51.0. The summed E-state index contributed by atoms with van der Waals surface area (Å²) in [4.78, 5) is 11.9. The highest BCUT2D eigenvalue weighted by Crippen LogP contribution is 2.55. The molecule has 1 aliphatic heterocycles. The third-order valence-corrected chi connectivity index (χ3v) is 12.3. The first-order valence-corrected chi connectivity index (χ1v) is 18.7. The molecule has 0 bridgehead atoms. The molecule has 7 aromatic rings. The second kappa shape index (κ2) is 11.3. The van der Waals surface area contributed by atoms with Crippen LogP contribution in [-0.4, -0.2) is 11.7 Å². The highest BCUT2D eigenvalue weighted by atomic mass is 32.1. The van der Waals surface area contributed by atoms with E-state index in [-0.39, 0.29) is 12.1 Å². The number of hydrogen-bond acceptors (Lipinski definition) is 4. The van der Waals surface area contributed by atoms with Crippen molar-refractivity contribution in [1.82, 2.24) is 5.32 Å². The van der Waals surface area contributed by atoms with Crippen molar-refractivity contribution in [2.75, 3.05) is 0 Å². The average molecular weight is 672 g/mol. The van der Waals surface area contributed by atoms with Crippen LogP contribution in [0.5, 0.6) is 0 Å². The van der Waals surface area contributed by atoms with Gasteiger partial charge in [0.25, 0.3) is 0 Å². The number of thiophene rings is 1. The summed E-state index contributed by atoms with van der Waals surface area (Å²) < 4.78 is 1.33. The summed E-state index contributed by atoms with van der Waals surface area (Å²) in [5, 5.41) is 5.03. The molecule has 0 saturated carbocycles. The van der Waals surface area contributed by atoms with Crippen LogP contribution in [0.25, 0.3) is 37.9 Å². The van der Waals surface area contributed by atoms with E-state index in [1.807, 2.05) is 11.3 Å². The number of allylic oxidation sites excluding steroid dienone is 1. The van der Waals surface area contributed by atoms with Crippen LogP contribution in [0.3, 0.4) is 0 Å². The molecule has 1 N–H and O–H groups in total. The molecule has 0 spiro atoms. The van der Waals surface area contributed by atoms with Gasteiger partial charge in [-0.25, -0.2) is 9.98 Å². The minimum Gasteiger partial charge on any atom is -0.324 e. The predicted molar refractivity (Wildman–Crippen MR) is 212 cm³/mol. The molecule has 2 atom stereocenters. The summed E-state index contributed by atoms with van der Waals surface area (Å²) in [5.41, 5.74) is 17.3. The van der Waals surface area contributed by atoms with Gasteiger partial charge in [0.2, 0.25) is 0 Å². The Morgan fingerprint density at radius 3 is 2.25 bits per heavy atom. The van der Waals surface area contributed by atoms with Crippen LogP contribution in [0.1, 0.15) is 67.9 Å². The van der Waals surface area contributed by atoms with Crippen molar-refractivity contribution in [2.45, 2.75) is 31.3 Å². The fourth-order valence-corrected chi connectivity index (χ4v) is 10.1. The van der Waals surface area contributed by atoms with Gasteiger partial charge in [-0.15, -0.1) is 11.3 Å². The van der Waals surface area contributed by atoms with Crippen molar-refractivity contribution >= 4 is 38.7 Å². The SMILES string of the molecule is C1=C(C2=NC(c3ccccc3)N=C(c3ccccc3)N2)c2c(sc3ccc(C4c5ccccc5-c5ccc6c(c54)-c4ccccc4C6)cc23)CC1. The summed E-state index contributed by atoms with van der Waals surface area (Å²) in [5.74, 6) is 1.92. The molecule has 4 aliphatic rings. The van der Waals surface area contributed by atoms with Crippen molar-refractivity contribution < 1.29 is 0 Å². The molecular formula is C47H33N3S. The maximum Gasteiger partial charge on any atom is 0.169 e. The van der Waals surface area contributed by atoms with Crippen molar-refractivity contribution in [3.8, 4) is 22.3 Å². The molecule has 0 saturated heterocycles. The van der Waals surface area contributed by atoms with Crippen LogP contribution in [0.4, 0.5) is 0 Å². The fourth-order valence-electron chi connectivity index (χ4n) is 8.87. The molecule has 0 fully saturated rings. The Morgan fingerprint density at radius 2 is 1.37 bits per heavy atom. The Labute approximate surface area is 301 Å². The molecule has 2 unspecified atom stereocenters. The van der Waals surface area contributed by atoms with Crippen LogP contribution >= 0.6 is 11.3 Å². The third-order valence-electron chi connectivity index (χ3n) is 11.1. The molecule has 51 heavy (non-hydrogen) atoms. The topological polar surface area (TPSA) is 36.8 Å². The van der Waals surface area contributed by atoms with Crippen LogP contribution < -0.4 is 5.32 Å². The Kier molecular flexibility index (Phi) is 6.44. The molecule has 2 heterocycles. The molecule has 0 amide bonds. The molecule has 3 aliphatic carbocycles. The molecule has 0 radical (unpaired) electrons. The van der Waals surface area contributed by atoms with Crippen molar-refractivity contribution in [3.63, 3.8) is 0 Å². The Bertz CT molecular complexity index is 2640. The quantitative estimate of drug-likeness (QED) is 0.199. The standard InChI is InChI=1S/C47H33N3S/c1-3-12-28(13-4-1)45-48-46(29-14-5-2-6-15-29)50-47(49-45)37-20-11-21-40-43(37)38-27-32(23-25-39(38)51-40)42-35-19-10-9-18-34(35)36-24-22-31-26-30-16-7-8-17-33(30)41(31)44(36)42/h1-10,12-20,22-25,27,42,45H,11,21,26H2,(H,48,49,50). The minimum absolute atomic E-state index is 0.165. The van der Waals surface area contributed by atoms with Gasteiger partial charge < -0.3 is 5.32 Å². The molecule has 4 heteroatoms. The van der Waals surface area contributed by atoms with E-state index in [2.05, 4.69) is 151 Å². The lowest BCUT2D eigenvalue weighted by Crippen LogP contribution is -2.36. The highest BCUT2D eigenvalue weighted by Gasteiger charge is 2.36. The van der Waals surface area contributed by atoms with E-state index < -0.39 is 0 Å². The molecule has 242 valence electrons. The summed E-state index contributed by atoms with van der Waals surface area (Å²) in [6.07, 6.45) is 5.11.